The molecule has 2 heteroatoms. The average molecular weight is 244 g/mol. The van der Waals surface area contributed by atoms with Gasteiger partial charge in [0.2, 0.25) is 0 Å². The third kappa shape index (κ3) is 1.57. The van der Waals surface area contributed by atoms with Crippen molar-refractivity contribution in [1.82, 2.24) is 9.97 Å². The number of hydrogen-bond acceptors (Lipinski definition) is 2. The van der Waals surface area contributed by atoms with Crippen LogP contribution in [0.5, 0.6) is 0 Å². The summed E-state index contributed by atoms with van der Waals surface area (Å²) in [5.41, 5.74) is 4.22. The van der Waals surface area contributed by atoms with Crippen molar-refractivity contribution >= 4 is 32.7 Å². The molecule has 0 radical (unpaired) electrons. The highest BCUT2D eigenvalue weighted by molar-refractivity contribution is 6.06. The van der Waals surface area contributed by atoms with Gasteiger partial charge >= 0.3 is 0 Å². The van der Waals surface area contributed by atoms with Gasteiger partial charge < -0.3 is 0 Å². The van der Waals surface area contributed by atoms with Gasteiger partial charge in [0.25, 0.3) is 0 Å². The van der Waals surface area contributed by atoms with Gasteiger partial charge in [0, 0.05) is 22.4 Å². The summed E-state index contributed by atoms with van der Waals surface area (Å²) >= 11 is 0. The van der Waals surface area contributed by atoms with Crippen LogP contribution >= 0.6 is 0 Å². The topological polar surface area (TPSA) is 25.8 Å². The van der Waals surface area contributed by atoms with E-state index in [9.17, 15) is 0 Å². The molecule has 90 valence electrons. The molecular formula is C17H12N2. The number of benzene rings is 2. The molecule has 0 fully saturated rings. The molecule has 0 atom stereocenters. The first kappa shape index (κ1) is 10.4. The lowest BCUT2D eigenvalue weighted by molar-refractivity contribution is 1.40. The zero-order chi connectivity index (χ0) is 12.8. The lowest BCUT2D eigenvalue weighted by Gasteiger charge is -2.05. The molecule has 0 aliphatic carbocycles. The molecule has 2 aromatic heterocycles. The van der Waals surface area contributed by atoms with E-state index in [1.54, 1.807) is 0 Å². The van der Waals surface area contributed by atoms with Crippen LogP contribution in [0, 0.1) is 6.92 Å². The van der Waals surface area contributed by atoms with Crippen molar-refractivity contribution in [2.75, 3.05) is 0 Å². The van der Waals surface area contributed by atoms with E-state index in [2.05, 4.69) is 54.4 Å². The fourth-order valence-electron chi connectivity index (χ4n) is 2.54. The van der Waals surface area contributed by atoms with Crippen molar-refractivity contribution < 1.29 is 0 Å². The first-order valence-corrected chi connectivity index (χ1v) is 6.36. The summed E-state index contributed by atoms with van der Waals surface area (Å²) < 4.78 is 0. The molecule has 4 aromatic rings. The Morgan fingerprint density at radius 1 is 0.789 bits per heavy atom. The lowest BCUT2D eigenvalue weighted by atomic mass is 10.1. The first-order chi connectivity index (χ1) is 9.31. The first-order valence-electron chi connectivity index (χ1n) is 6.36. The maximum absolute atomic E-state index is 4.80. The molecule has 0 saturated heterocycles. The van der Waals surface area contributed by atoms with Crippen molar-refractivity contribution in [2.45, 2.75) is 6.92 Å². The van der Waals surface area contributed by atoms with E-state index in [1.165, 1.54) is 10.9 Å². The minimum Gasteiger partial charge on any atom is -0.254 e. The second-order valence-corrected chi connectivity index (χ2v) is 4.90. The molecule has 2 nitrogen and oxygen atoms in total. The molecule has 2 aromatic carbocycles. The summed E-state index contributed by atoms with van der Waals surface area (Å²) in [5, 5.41) is 3.45. The predicted molar refractivity (Wildman–Crippen MR) is 79.3 cm³/mol. The summed E-state index contributed by atoms with van der Waals surface area (Å²) in [7, 11) is 0. The monoisotopic (exact) mass is 244 g/mol. The maximum Gasteiger partial charge on any atom is 0.0972 e. The minimum atomic E-state index is 0.975. The van der Waals surface area contributed by atoms with Gasteiger partial charge in [-0.3, -0.25) is 4.98 Å². The maximum atomic E-state index is 4.80. The van der Waals surface area contributed by atoms with Gasteiger partial charge in [-0.05, 0) is 30.7 Å². The van der Waals surface area contributed by atoms with Crippen molar-refractivity contribution in [2.24, 2.45) is 0 Å². The largest absolute Gasteiger partial charge is 0.254 e. The summed E-state index contributed by atoms with van der Waals surface area (Å²) in [6, 6.07) is 16.8. The van der Waals surface area contributed by atoms with Crippen molar-refractivity contribution in [3.8, 4) is 0 Å². The Morgan fingerprint density at radius 2 is 1.63 bits per heavy atom. The van der Waals surface area contributed by atoms with E-state index in [0.717, 1.165) is 27.3 Å². The molecule has 19 heavy (non-hydrogen) atoms. The summed E-state index contributed by atoms with van der Waals surface area (Å²) in [6.45, 7) is 2.09. The number of fused-ring (bicyclic) bond motifs is 4. The molecule has 0 saturated carbocycles. The Labute approximate surface area is 110 Å². The van der Waals surface area contributed by atoms with Gasteiger partial charge in [-0.1, -0.05) is 30.3 Å². The standard InChI is InChI=1S/C17H12N2/c1-11-4-5-13-10-14-7-6-12-3-2-8-18-16(12)17(14)19-15(13)9-11/h2-10H,1H3. The van der Waals surface area contributed by atoms with E-state index >= 15 is 0 Å². The number of pyridine rings is 2. The molecule has 0 aliphatic rings. The Bertz CT molecular complexity index is 926. The molecule has 0 aliphatic heterocycles. The third-order valence-corrected chi connectivity index (χ3v) is 3.51. The molecular weight excluding hydrogens is 232 g/mol. The van der Waals surface area contributed by atoms with Crippen LogP contribution in [0.2, 0.25) is 0 Å². The Hall–Kier alpha value is -2.48. The van der Waals surface area contributed by atoms with E-state index in [-0.39, 0.29) is 0 Å². The lowest BCUT2D eigenvalue weighted by Crippen LogP contribution is -1.87. The van der Waals surface area contributed by atoms with Crippen LogP contribution in [-0.4, -0.2) is 9.97 Å². The smallest absolute Gasteiger partial charge is 0.0972 e. The normalized spacial score (nSPS) is 11.4. The highest BCUT2D eigenvalue weighted by Crippen LogP contribution is 2.25. The second kappa shape index (κ2) is 3.75. The zero-order valence-corrected chi connectivity index (χ0v) is 10.6. The highest BCUT2D eigenvalue weighted by Gasteiger charge is 2.05. The minimum absolute atomic E-state index is 0.975. The Kier molecular flexibility index (Phi) is 2.06. The van der Waals surface area contributed by atoms with Crippen molar-refractivity contribution in [1.29, 1.82) is 0 Å². The summed E-state index contributed by atoms with van der Waals surface area (Å²) in [5.74, 6) is 0. The van der Waals surface area contributed by atoms with Crippen LogP contribution in [0.15, 0.2) is 54.7 Å². The highest BCUT2D eigenvalue weighted by atomic mass is 14.7. The average Bonchev–Trinajstić information content (AvgIpc) is 2.45. The molecule has 4 rings (SSSR count). The zero-order valence-electron chi connectivity index (χ0n) is 10.6. The molecule has 0 spiro atoms. The van der Waals surface area contributed by atoms with Crippen LogP contribution < -0.4 is 0 Å². The van der Waals surface area contributed by atoms with Gasteiger partial charge in [0.05, 0.1) is 16.6 Å². The van der Waals surface area contributed by atoms with Crippen LogP contribution in [0.4, 0.5) is 0 Å². The van der Waals surface area contributed by atoms with Crippen LogP contribution in [0.3, 0.4) is 0 Å². The molecule has 0 bridgehead atoms. The quantitative estimate of drug-likeness (QED) is 0.341. The fourth-order valence-corrected chi connectivity index (χ4v) is 2.54. The number of hydrogen-bond donors (Lipinski definition) is 0. The van der Waals surface area contributed by atoms with Gasteiger partial charge in [0.1, 0.15) is 0 Å². The third-order valence-electron chi connectivity index (χ3n) is 3.51. The van der Waals surface area contributed by atoms with E-state index in [1.807, 2.05) is 12.3 Å². The van der Waals surface area contributed by atoms with Crippen molar-refractivity contribution in [3.05, 3.63) is 60.3 Å². The Balaban J connectivity index is 2.23. The van der Waals surface area contributed by atoms with Gasteiger partial charge in [-0.25, -0.2) is 4.98 Å². The fraction of sp³-hybridized carbons (Fsp3) is 0.0588. The molecule has 0 unspecified atom stereocenters. The summed E-state index contributed by atoms with van der Waals surface area (Å²) in [6.07, 6.45) is 1.82. The number of nitrogens with zero attached hydrogens (tertiary/aromatic N) is 2. The molecule has 0 amide bonds. The summed E-state index contributed by atoms with van der Waals surface area (Å²) in [4.78, 5) is 9.28. The van der Waals surface area contributed by atoms with E-state index in [0.29, 0.717) is 0 Å². The predicted octanol–water partition coefficient (Wildman–Crippen LogP) is 4.24. The van der Waals surface area contributed by atoms with E-state index < -0.39 is 0 Å². The van der Waals surface area contributed by atoms with Crippen LogP contribution in [-0.2, 0) is 0 Å². The number of aromatic nitrogens is 2. The van der Waals surface area contributed by atoms with Crippen LogP contribution in [0.25, 0.3) is 32.7 Å². The number of aryl methyl sites for hydroxylation is 1. The number of rotatable bonds is 0. The Morgan fingerprint density at radius 3 is 2.58 bits per heavy atom. The molecule has 0 N–H and O–H groups in total. The SMILES string of the molecule is Cc1ccc2cc3ccc4cccnc4c3nc2c1. The van der Waals surface area contributed by atoms with Gasteiger partial charge in [0.15, 0.2) is 0 Å². The van der Waals surface area contributed by atoms with E-state index in [4.69, 9.17) is 4.98 Å². The molecule has 2 heterocycles. The van der Waals surface area contributed by atoms with Crippen molar-refractivity contribution in [3.63, 3.8) is 0 Å². The van der Waals surface area contributed by atoms with Gasteiger partial charge in [-0.15, -0.1) is 0 Å². The second-order valence-electron chi connectivity index (χ2n) is 4.90. The van der Waals surface area contributed by atoms with Gasteiger partial charge in [-0.2, -0.15) is 0 Å². The van der Waals surface area contributed by atoms with Crippen LogP contribution in [0.1, 0.15) is 5.56 Å².